The number of methoxy groups -OCH3 is 1. The van der Waals surface area contributed by atoms with Gasteiger partial charge in [-0.3, -0.25) is 0 Å². The van der Waals surface area contributed by atoms with Crippen molar-refractivity contribution in [3.63, 3.8) is 0 Å². The maximum absolute atomic E-state index is 12.1. The maximum atomic E-state index is 12.1. The van der Waals surface area contributed by atoms with Gasteiger partial charge in [-0.05, 0) is 49.8 Å². The zero-order valence-electron chi connectivity index (χ0n) is 13.9. The molecule has 2 rings (SSSR count). The minimum atomic E-state index is -0.0471. The number of carbonyl (C=O) groups excluding carboxylic acids is 1. The second-order valence-electron chi connectivity index (χ2n) is 6.44. The Kier molecular flexibility index (Phi) is 6.10. The van der Waals surface area contributed by atoms with Gasteiger partial charge in [-0.15, -0.1) is 0 Å². The first kappa shape index (κ1) is 16.7. The second-order valence-corrected chi connectivity index (χ2v) is 6.44. The number of urea groups is 1. The Hall–Kier alpha value is -1.71. The van der Waals surface area contributed by atoms with Gasteiger partial charge in [-0.1, -0.05) is 31.9 Å². The van der Waals surface area contributed by atoms with Crippen molar-refractivity contribution in [2.75, 3.05) is 7.11 Å². The molecule has 0 heterocycles. The second kappa shape index (κ2) is 8.06. The third-order valence-corrected chi connectivity index (χ3v) is 4.48. The van der Waals surface area contributed by atoms with E-state index < -0.39 is 0 Å². The average molecular weight is 304 g/mol. The summed E-state index contributed by atoms with van der Waals surface area (Å²) >= 11 is 0. The van der Waals surface area contributed by atoms with E-state index in [2.05, 4.69) is 23.6 Å². The van der Waals surface area contributed by atoms with Gasteiger partial charge in [0.1, 0.15) is 5.75 Å². The predicted octanol–water partition coefficient (Wildman–Crippen LogP) is 3.50. The number of amides is 2. The SMILES string of the molecule is COc1cccc(CC(C)NC(=O)NC2CCCCC2C)c1. The third kappa shape index (κ3) is 4.93. The largest absolute Gasteiger partial charge is 0.497 e. The zero-order valence-corrected chi connectivity index (χ0v) is 13.9. The van der Waals surface area contributed by atoms with Crippen LogP contribution in [0.15, 0.2) is 24.3 Å². The molecule has 1 aromatic carbocycles. The summed E-state index contributed by atoms with van der Waals surface area (Å²) in [6.45, 7) is 4.26. The molecule has 2 amide bonds. The van der Waals surface area contributed by atoms with Crippen LogP contribution in [0.2, 0.25) is 0 Å². The number of nitrogens with one attached hydrogen (secondary N) is 2. The Labute approximate surface area is 133 Å². The Balaban J connectivity index is 1.80. The molecule has 122 valence electrons. The highest BCUT2D eigenvalue weighted by molar-refractivity contribution is 5.74. The van der Waals surface area contributed by atoms with Gasteiger partial charge in [0.15, 0.2) is 0 Å². The van der Waals surface area contributed by atoms with E-state index in [0.717, 1.165) is 24.2 Å². The highest BCUT2D eigenvalue weighted by atomic mass is 16.5. The Morgan fingerprint density at radius 3 is 2.86 bits per heavy atom. The van der Waals surface area contributed by atoms with E-state index in [4.69, 9.17) is 4.74 Å². The molecule has 1 aliphatic carbocycles. The molecule has 0 spiro atoms. The van der Waals surface area contributed by atoms with Gasteiger partial charge < -0.3 is 15.4 Å². The number of carbonyl (C=O) groups is 1. The third-order valence-electron chi connectivity index (χ3n) is 4.48. The first-order valence-corrected chi connectivity index (χ1v) is 8.28. The van der Waals surface area contributed by atoms with E-state index in [-0.39, 0.29) is 12.1 Å². The fraction of sp³-hybridized carbons (Fsp3) is 0.611. The predicted molar refractivity (Wildman–Crippen MR) is 89.2 cm³/mol. The first-order chi connectivity index (χ1) is 10.6. The monoisotopic (exact) mass is 304 g/mol. The van der Waals surface area contributed by atoms with Gasteiger partial charge in [0.2, 0.25) is 0 Å². The minimum absolute atomic E-state index is 0.0471. The molecule has 22 heavy (non-hydrogen) atoms. The lowest BCUT2D eigenvalue weighted by Crippen LogP contribution is -2.48. The molecule has 3 atom stereocenters. The number of hydrogen-bond acceptors (Lipinski definition) is 2. The van der Waals surface area contributed by atoms with Crippen LogP contribution in [-0.4, -0.2) is 25.2 Å². The van der Waals surface area contributed by atoms with Gasteiger partial charge in [-0.2, -0.15) is 0 Å². The summed E-state index contributed by atoms with van der Waals surface area (Å²) in [6.07, 6.45) is 5.61. The van der Waals surface area contributed by atoms with E-state index >= 15 is 0 Å². The molecule has 1 aromatic rings. The molecule has 0 aromatic heterocycles. The van der Waals surface area contributed by atoms with Crippen molar-refractivity contribution in [1.82, 2.24) is 10.6 Å². The van der Waals surface area contributed by atoms with Gasteiger partial charge in [0, 0.05) is 12.1 Å². The summed E-state index contributed by atoms with van der Waals surface area (Å²) in [7, 11) is 1.67. The molecule has 0 aliphatic heterocycles. The van der Waals surface area contributed by atoms with Crippen molar-refractivity contribution in [3.8, 4) is 5.75 Å². The molecule has 1 fully saturated rings. The van der Waals surface area contributed by atoms with Crippen molar-refractivity contribution < 1.29 is 9.53 Å². The summed E-state index contributed by atoms with van der Waals surface area (Å²) in [5.41, 5.74) is 1.16. The lowest BCUT2D eigenvalue weighted by molar-refractivity contribution is 0.219. The van der Waals surface area contributed by atoms with E-state index in [1.54, 1.807) is 7.11 Å². The molecule has 4 heteroatoms. The van der Waals surface area contributed by atoms with Crippen LogP contribution in [-0.2, 0) is 6.42 Å². The normalized spacial score (nSPS) is 22.7. The molecule has 0 radical (unpaired) electrons. The number of rotatable bonds is 5. The lowest BCUT2D eigenvalue weighted by atomic mass is 9.86. The molecular formula is C18H28N2O2. The van der Waals surface area contributed by atoms with Crippen LogP contribution in [0.1, 0.15) is 45.1 Å². The lowest BCUT2D eigenvalue weighted by Gasteiger charge is -2.30. The summed E-state index contributed by atoms with van der Waals surface area (Å²) < 4.78 is 5.23. The molecule has 4 nitrogen and oxygen atoms in total. The van der Waals surface area contributed by atoms with E-state index in [0.29, 0.717) is 12.0 Å². The minimum Gasteiger partial charge on any atom is -0.497 e. The Morgan fingerprint density at radius 2 is 2.14 bits per heavy atom. The average Bonchev–Trinajstić information content (AvgIpc) is 2.49. The molecule has 0 bridgehead atoms. The van der Waals surface area contributed by atoms with Crippen molar-refractivity contribution >= 4 is 6.03 Å². The summed E-state index contributed by atoms with van der Waals surface area (Å²) in [4.78, 5) is 12.1. The van der Waals surface area contributed by atoms with Crippen LogP contribution in [0.5, 0.6) is 5.75 Å². The van der Waals surface area contributed by atoms with Gasteiger partial charge >= 0.3 is 6.03 Å². The molecule has 1 saturated carbocycles. The van der Waals surface area contributed by atoms with Crippen molar-refractivity contribution in [1.29, 1.82) is 0 Å². The topological polar surface area (TPSA) is 50.4 Å². The van der Waals surface area contributed by atoms with Crippen LogP contribution < -0.4 is 15.4 Å². The molecule has 1 aliphatic rings. The molecule has 2 N–H and O–H groups in total. The Bertz CT molecular complexity index is 490. The molecule has 3 unspecified atom stereocenters. The van der Waals surface area contributed by atoms with Crippen LogP contribution >= 0.6 is 0 Å². The van der Waals surface area contributed by atoms with E-state index in [1.165, 1.54) is 19.3 Å². The molecule has 0 saturated heterocycles. The van der Waals surface area contributed by atoms with Gasteiger partial charge in [0.05, 0.1) is 7.11 Å². The fourth-order valence-electron chi connectivity index (χ4n) is 3.17. The highest BCUT2D eigenvalue weighted by Crippen LogP contribution is 2.23. The van der Waals surface area contributed by atoms with E-state index in [1.807, 2.05) is 25.1 Å². The standard InChI is InChI=1S/C18H28N2O2/c1-13-7-4-5-10-17(13)20-18(21)19-14(2)11-15-8-6-9-16(12-15)22-3/h6,8-9,12-14,17H,4-5,7,10-11H2,1-3H3,(H2,19,20,21). The highest BCUT2D eigenvalue weighted by Gasteiger charge is 2.23. The zero-order chi connectivity index (χ0) is 15.9. The quantitative estimate of drug-likeness (QED) is 0.874. The fourth-order valence-corrected chi connectivity index (χ4v) is 3.17. The van der Waals surface area contributed by atoms with Crippen molar-refractivity contribution in [2.45, 2.75) is 58.0 Å². The number of ether oxygens (including phenoxy) is 1. The van der Waals surface area contributed by atoms with Crippen LogP contribution in [0.25, 0.3) is 0 Å². The Morgan fingerprint density at radius 1 is 1.36 bits per heavy atom. The van der Waals surface area contributed by atoms with Gasteiger partial charge in [-0.25, -0.2) is 4.79 Å². The van der Waals surface area contributed by atoms with Crippen molar-refractivity contribution in [3.05, 3.63) is 29.8 Å². The number of benzene rings is 1. The van der Waals surface area contributed by atoms with Gasteiger partial charge in [0.25, 0.3) is 0 Å². The van der Waals surface area contributed by atoms with Crippen molar-refractivity contribution in [2.24, 2.45) is 5.92 Å². The summed E-state index contributed by atoms with van der Waals surface area (Å²) in [6, 6.07) is 8.34. The number of hydrogen-bond donors (Lipinski definition) is 2. The molecular weight excluding hydrogens is 276 g/mol. The van der Waals surface area contributed by atoms with E-state index in [9.17, 15) is 4.79 Å². The summed E-state index contributed by atoms with van der Waals surface area (Å²) in [5, 5.41) is 6.18. The maximum Gasteiger partial charge on any atom is 0.315 e. The summed E-state index contributed by atoms with van der Waals surface area (Å²) in [5.74, 6) is 1.43. The van der Waals surface area contributed by atoms with Crippen LogP contribution in [0, 0.1) is 5.92 Å². The first-order valence-electron chi connectivity index (χ1n) is 8.28. The smallest absolute Gasteiger partial charge is 0.315 e. The van der Waals surface area contributed by atoms with Crippen LogP contribution in [0.3, 0.4) is 0 Å². The van der Waals surface area contributed by atoms with Crippen LogP contribution in [0.4, 0.5) is 4.79 Å².